The Bertz CT molecular complexity index is 545. The number of rotatable bonds is 3. The third-order valence-electron chi connectivity index (χ3n) is 2.40. The lowest BCUT2D eigenvalue weighted by atomic mass is 10.1. The number of hydrogen-bond acceptors (Lipinski definition) is 5. The summed E-state index contributed by atoms with van der Waals surface area (Å²) < 4.78 is 0. The number of halogens is 1. The summed E-state index contributed by atoms with van der Waals surface area (Å²) in [6, 6.07) is 7.52. The van der Waals surface area contributed by atoms with Gasteiger partial charge in [-0.2, -0.15) is 0 Å². The highest BCUT2D eigenvalue weighted by Crippen LogP contribution is 2.31. The standard InChI is InChI=1S/C11H10N2O3S.ClH/c12-11(10-2-1-5-17-10)7-3-4-9(14)8(6-7)13(15)16;/h1-6,11,14H,12H2;1H/t11-;/m0./s1. The number of nitro benzene ring substituents is 1. The van der Waals surface area contributed by atoms with Gasteiger partial charge in [-0.3, -0.25) is 10.1 Å². The van der Waals surface area contributed by atoms with Crippen LogP contribution in [0.5, 0.6) is 5.75 Å². The summed E-state index contributed by atoms with van der Waals surface area (Å²) in [4.78, 5) is 11.0. The first kappa shape index (κ1) is 14.4. The van der Waals surface area contributed by atoms with E-state index < -0.39 is 11.0 Å². The number of thiophene rings is 1. The Morgan fingerprint density at radius 1 is 1.39 bits per heavy atom. The lowest BCUT2D eigenvalue weighted by Crippen LogP contribution is -2.10. The number of phenols is 1. The summed E-state index contributed by atoms with van der Waals surface area (Å²) in [6.45, 7) is 0. The number of aromatic hydroxyl groups is 1. The van der Waals surface area contributed by atoms with Crippen molar-refractivity contribution in [2.45, 2.75) is 6.04 Å². The van der Waals surface area contributed by atoms with E-state index in [9.17, 15) is 15.2 Å². The minimum atomic E-state index is -0.625. The molecule has 7 heteroatoms. The lowest BCUT2D eigenvalue weighted by Gasteiger charge is -2.09. The molecule has 1 aromatic heterocycles. The number of nitrogens with two attached hydrogens (primary N) is 1. The molecule has 0 amide bonds. The maximum atomic E-state index is 10.7. The highest BCUT2D eigenvalue weighted by Gasteiger charge is 2.17. The van der Waals surface area contributed by atoms with Gasteiger partial charge in [-0.05, 0) is 23.1 Å². The minimum Gasteiger partial charge on any atom is -0.502 e. The smallest absolute Gasteiger partial charge is 0.311 e. The number of hydrogen-bond donors (Lipinski definition) is 2. The molecule has 0 fully saturated rings. The summed E-state index contributed by atoms with van der Waals surface area (Å²) in [5.74, 6) is -0.350. The quantitative estimate of drug-likeness (QED) is 0.670. The Hall–Kier alpha value is -1.63. The van der Waals surface area contributed by atoms with Crippen molar-refractivity contribution in [3.8, 4) is 5.75 Å². The van der Waals surface area contributed by atoms with Crippen molar-refractivity contribution in [3.63, 3.8) is 0 Å². The van der Waals surface area contributed by atoms with E-state index in [1.54, 1.807) is 6.07 Å². The van der Waals surface area contributed by atoms with Crippen molar-refractivity contribution in [2.24, 2.45) is 5.73 Å². The van der Waals surface area contributed by atoms with Gasteiger partial charge in [-0.15, -0.1) is 23.7 Å². The number of benzene rings is 1. The zero-order valence-corrected chi connectivity index (χ0v) is 10.8. The van der Waals surface area contributed by atoms with Gasteiger partial charge < -0.3 is 10.8 Å². The fourth-order valence-corrected chi connectivity index (χ4v) is 2.27. The van der Waals surface area contributed by atoms with Crippen LogP contribution in [0.4, 0.5) is 5.69 Å². The molecule has 5 nitrogen and oxygen atoms in total. The Kier molecular flexibility index (Phi) is 4.66. The predicted molar refractivity (Wildman–Crippen MR) is 72.4 cm³/mol. The molecule has 0 spiro atoms. The van der Waals surface area contributed by atoms with E-state index in [2.05, 4.69) is 0 Å². The van der Waals surface area contributed by atoms with Crippen LogP contribution in [0.25, 0.3) is 0 Å². The minimum absolute atomic E-state index is 0. The van der Waals surface area contributed by atoms with Gasteiger partial charge in [-0.1, -0.05) is 12.1 Å². The molecule has 2 aromatic rings. The molecule has 0 saturated heterocycles. The molecule has 0 unspecified atom stereocenters. The largest absolute Gasteiger partial charge is 0.502 e. The molecule has 1 atom stereocenters. The molecule has 0 aliphatic heterocycles. The molecular weight excluding hydrogens is 276 g/mol. The monoisotopic (exact) mass is 286 g/mol. The molecule has 0 radical (unpaired) electrons. The van der Waals surface area contributed by atoms with E-state index in [0.717, 1.165) is 4.88 Å². The highest BCUT2D eigenvalue weighted by atomic mass is 35.5. The average Bonchev–Trinajstić information content (AvgIpc) is 2.81. The van der Waals surface area contributed by atoms with E-state index in [4.69, 9.17) is 5.73 Å². The molecule has 96 valence electrons. The molecule has 2 rings (SSSR count). The Labute approximate surface area is 113 Å². The van der Waals surface area contributed by atoms with E-state index in [1.807, 2.05) is 17.5 Å². The summed E-state index contributed by atoms with van der Waals surface area (Å²) in [7, 11) is 0. The van der Waals surface area contributed by atoms with Crippen molar-refractivity contribution in [2.75, 3.05) is 0 Å². The van der Waals surface area contributed by atoms with Gasteiger partial charge in [0.2, 0.25) is 0 Å². The molecule has 18 heavy (non-hydrogen) atoms. The van der Waals surface area contributed by atoms with Gasteiger partial charge in [0.25, 0.3) is 0 Å². The zero-order valence-electron chi connectivity index (χ0n) is 9.15. The van der Waals surface area contributed by atoms with E-state index in [0.29, 0.717) is 5.56 Å². The highest BCUT2D eigenvalue weighted by molar-refractivity contribution is 7.10. The maximum absolute atomic E-state index is 10.7. The molecule has 0 aliphatic rings. The molecular formula is C11H11ClN2O3S. The first-order valence-electron chi connectivity index (χ1n) is 4.86. The topological polar surface area (TPSA) is 89.4 Å². The van der Waals surface area contributed by atoms with Gasteiger partial charge in [0, 0.05) is 10.9 Å². The fourth-order valence-electron chi connectivity index (χ4n) is 1.51. The predicted octanol–water partition coefficient (Wildman–Crippen LogP) is 2.83. The summed E-state index contributed by atoms with van der Waals surface area (Å²) in [5, 5.41) is 21.9. The number of phenolic OH excluding ortho intramolecular Hbond substituents is 1. The van der Waals surface area contributed by atoms with Crippen LogP contribution in [0.1, 0.15) is 16.5 Å². The van der Waals surface area contributed by atoms with Crippen molar-refractivity contribution in [1.29, 1.82) is 0 Å². The van der Waals surface area contributed by atoms with Crippen molar-refractivity contribution in [1.82, 2.24) is 0 Å². The SMILES string of the molecule is Cl.N[C@@H](c1ccc(O)c([N+](=O)[O-])c1)c1cccs1. The van der Waals surface area contributed by atoms with Crippen LogP contribution in [0.15, 0.2) is 35.7 Å². The molecule has 1 heterocycles. The summed E-state index contributed by atoms with van der Waals surface area (Å²) in [5.41, 5.74) is 6.27. The van der Waals surface area contributed by atoms with Crippen LogP contribution in [-0.4, -0.2) is 10.0 Å². The van der Waals surface area contributed by atoms with Crippen LogP contribution in [0.2, 0.25) is 0 Å². The van der Waals surface area contributed by atoms with E-state index in [1.165, 1.54) is 23.5 Å². The van der Waals surface area contributed by atoms with Gasteiger partial charge in [0.15, 0.2) is 5.75 Å². The van der Waals surface area contributed by atoms with Gasteiger partial charge in [0.1, 0.15) is 0 Å². The Morgan fingerprint density at radius 3 is 2.67 bits per heavy atom. The van der Waals surface area contributed by atoms with E-state index >= 15 is 0 Å². The first-order valence-corrected chi connectivity index (χ1v) is 5.74. The third kappa shape index (κ3) is 2.79. The van der Waals surface area contributed by atoms with Crippen molar-refractivity contribution < 1.29 is 10.0 Å². The first-order chi connectivity index (χ1) is 8.09. The van der Waals surface area contributed by atoms with Gasteiger partial charge >= 0.3 is 5.69 Å². The van der Waals surface area contributed by atoms with Crippen molar-refractivity contribution >= 4 is 29.4 Å². The van der Waals surface area contributed by atoms with Crippen LogP contribution in [-0.2, 0) is 0 Å². The normalized spacial score (nSPS) is 11.6. The lowest BCUT2D eigenvalue weighted by molar-refractivity contribution is -0.385. The molecule has 0 bridgehead atoms. The average molecular weight is 287 g/mol. The number of nitrogens with zero attached hydrogens (tertiary/aromatic N) is 1. The van der Waals surface area contributed by atoms with Crippen LogP contribution in [0.3, 0.4) is 0 Å². The maximum Gasteiger partial charge on any atom is 0.311 e. The van der Waals surface area contributed by atoms with E-state index in [-0.39, 0.29) is 23.8 Å². The van der Waals surface area contributed by atoms with Gasteiger partial charge in [0.05, 0.1) is 11.0 Å². The van der Waals surface area contributed by atoms with Crippen LogP contribution >= 0.6 is 23.7 Å². The molecule has 1 aromatic carbocycles. The molecule has 0 saturated carbocycles. The second-order valence-corrected chi connectivity index (χ2v) is 4.48. The molecule has 0 aliphatic carbocycles. The third-order valence-corrected chi connectivity index (χ3v) is 3.36. The van der Waals surface area contributed by atoms with Crippen LogP contribution < -0.4 is 5.73 Å². The number of nitro groups is 1. The fraction of sp³-hybridized carbons (Fsp3) is 0.0909. The second kappa shape index (κ2) is 5.81. The summed E-state index contributed by atoms with van der Waals surface area (Å²) in [6.07, 6.45) is 0. The van der Waals surface area contributed by atoms with Crippen LogP contribution in [0, 0.1) is 10.1 Å². The Balaban J connectivity index is 0.00000162. The Morgan fingerprint density at radius 2 is 2.11 bits per heavy atom. The second-order valence-electron chi connectivity index (χ2n) is 3.50. The summed E-state index contributed by atoms with van der Waals surface area (Å²) >= 11 is 1.49. The van der Waals surface area contributed by atoms with Crippen molar-refractivity contribution in [3.05, 3.63) is 56.3 Å². The molecule has 3 N–H and O–H groups in total. The zero-order chi connectivity index (χ0) is 12.4. The van der Waals surface area contributed by atoms with Gasteiger partial charge in [-0.25, -0.2) is 0 Å².